The molecule has 1 heterocycles. The zero-order valence-electron chi connectivity index (χ0n) is 7.97. The Bertz CT molecular complexity index is 506. The highest BCUT2D eigenvalue weighted by Gasteiger charge is 2.38. The minimum Gasteiger partial charge on any atom is -0.397 e. The van der Waals surface area contributed by atoms with Gasteiger partial charge in [-0.15, -0.1) is 0 Å². The quantitative estimate of drug-likeness (QED) is 0.736. The van der Waals surface area contributed by atoms with E-state index in [4.69, 9.17) is 11.1 Å². The molecule has 1 saturated carbocycles. The summed E-state index contributed by atoms with van der Waals surface area (Å²) in [5.74, 6) is 0. The average Bonchev–Trinajstić information content (AvgIpc) is 3.00. The van der Waals surface area contributed by atoms with Gasteiger partial charge in [-0.2, -0.15) is 0 Å². The van der Waals surface area contributed by atoms with E-state index in [-0.39, 0.29) is 21.4 Å². The predicted molar refractivity (Wildman–Crippen MR) is 56.7 cm³/mol. The summed E-state index contributed by atoms with van der Waals surface area (Å²) in [6.45, 7) is 0. The van der Waals surface area contributed by atoms with Gasteiger partial charge < -0.3 is 11.1 Å². The third-order valence-electron chi connectivity index (χ3n) is 2.40. The van der Waals surface area contributed by atoms with Crippen molar-refractivity contribution in [2.75, 3.05) is 5.73 Å². The second-order valence-corrected chi connectivity index (χ2v) is 5.73. The molecule has 1 fully saturated rings. The highest BCUT2D eigenvalue weighted by Crippen LogP contribution is 2.35. The highest BCUT2D eigenvalue weighted by atomic mass is 32.2. The summed E-state index contributed by atoms with van der Waals surface area (Å²) < 4.78 is 23.9. The second-order valence-electron chi connectivity index (χ2n) is 3.53. The van der Waals surface area contributed by atoms with Gasteiger partial charge in [0, 0.05) is 18.0 Å². The maximum absolute atomic E-state index is 11.9. The Labute approximate surface area is 87.8 Å². The Morgan fingerprint density at radius 1 is 1.47 bits per heavy atom. The Morgan fingerprint density at radius 2 is 2.13 bits per heavy atom. The number of nitrogens with two attached hydrogens (primary N) is 1. The van der Waals surface area contributed by atoms with Gasteiger partial charge >= 0.3 is 0 Å². The molecule has 0 aromatic carbocycles. The normalized spacial score (nSPS) is 16.3. The van der Waals surface area contributed by atoms with E-state index in [9.17, 15) is 8.42 Å². The number of anilines is 1. The first-order chi connectivity index (χ1) is 7.07. The molecule has 0 unspecified atom stereocenters. The van der Waals surface area contributed by atoms with Crippen LogP contribution < -0.4 is 5.73 Å². The van der Waals surface area contributed by atoms with Crippen LogP contribution in [0.15, 0.2) is 17.3 Å². The molecule has 1 aliphatic rings. The lowest BCUT2D eigenvalue weighted by Crippen LogP contribution is -2.12. The maximum Gasteiger partial charge on any atom is 0.183 e. The lowest BCUT2D eigenvalue weighted by Gasteiger charge is -2.07. The van der Waals surface area contributed by atoms with E-state index in [1.54, 1.807) is 0 Å². The second kappa shape index (κ2) is 3.30. The van der Waals surface area contributed by atoms with Crippen molar-refractivity contribution in [2.24, 2.45) is 0 Å². The summed E-state index contributed by atoms with van der Waals surface area (Å²) in [5.41, 5.74) is 6.05. The zero-order chi connectivity index (χ0) is 11.1. The van der Waals surface area contributed by atoms with Crippen molar-refractivity contribution in [1.82, 2.24) is 4.98 Å². The largest absolute Gasteiger partial charge is 0.397 e. The molecule has 0 spiro atoms. The summed E-state index contributed by atoms with van der Waals surface area (Å²) in [6, 6.07) is 0. The number of hydrogen-bond donors (Lipinski definition) is 2. The molecular weight excluding hydrogens is 214 g/mol. The minimum absolute atomic E-state index is 0.0833. The van der Waals surface area contributed by atoms with Crippen molar-refractivity contribution in [2.45, 2.75) is 23.0 Å². The maximum atomic E-state index is 11.9. The fraction of sp³-hybridized carbons (Fsp3) is 0.333. The number of aromatic nitrogens is 1. The van der Waals surface area contributed by atoms with Crippen molar-refractivity contribution in [3.05, 3.63) is 18.0 Å². The van der Waals surface area contributed by atoms with Crippen LogP contribution in [0.5, 0.6) is 0 Å². The van der Waals surface area contributed by atoms with E-state index < -0.39 is 9.84 Å². The molecule has 0 saturated heterocycles. The van der Waals surface area contributed by atoms with Crippen molar-refractivity contribution in [1.29, 1.82) is 5.41 Å². The minimum atomic E-state index is -3.32. The SMILES string of the molecule is N=Cc1c(N)cncc1S(=O)(=O)C1CC1. The smallest absolute Gasteiger partial charge is 0.183 e. The molecular formula is C9H11N3O2S. The lowest BCUT2D eigenvalue weighted by molar-refractivity contribution is 0.594. The average molecular weight is 225 g/mol. The van der Waals surface area contributed by atoms with Gasteiger partial charge in [-0.25, -0.2) is 8.42 Å². The van der Waals surface area contributed by atoms with Crippen molar-refractivity contribution < 1.29 is 8.42 Å². The molecule has 6 heteroatoms. The van der Waals surface area contributed by atoms with E-state index in [1.807, 2.05) is 0 Å². The van der Waals surface area contributed by atoms with Crippen molar-refractivity contribution >= 4 is 21.7 Å². The molecule has 1 aliphatic carbocycles. The van der Waals surface area contributed by atoms with Gasteiger partial charge in [0.05, 0.1) is 22.0 Å². The third-order valence-corrected chi connectivity index (χ3v) is 4.68. The lowest BCUT2D eigenvalue weighted by atomic mass is 10.2. The van der Waals surface area contributed by atoms with Crippen LogP contribution in [0.1, 0.15) is 18.4 Å². The van der Waals surface area contributed by atoms with Crippen LogP contribution >= 0.6 is 0 Å². The van der Waals surface area contributed by atoms with E-state index in [0.717, 1.165) is 6.21 Å². The number of nitrogen functional groups attached to an aromatic ring is 1. The van der Waals surface area contributed by atoms with Gasteiger partial charge in [0.25, 0.3) is 0 Å². The van der Waals surface area contributed by atoms with E-state index >= 15 is 0 Å². The van der Waals surface area contributed by atoms with E-state index in [2.05, 4.69) is 4.98 Å². The molecule has 0 atom stereocenters. The summed E-state index contributed by atoms with van der Waals surface area (Å²) in [4.78, 5) is 3.85. The molecule has 1 aromatic heterocycles. The first-order valence-corrected chi connectivity index (χ1v) is 6.10. The first kappa shape index (κ1) is 10.1. The first-order valence-electron chi connectivity index (χ1n) is 4.55. The van der Waals surface area contributed by atoms with Crippen molar-refractivity contribution in [3.8, 4) is 0 Å². The van der Waals surface area contributed by atoms with Crippen LogP contribution in [0.25, 0.3) is 0 Å². The van der Waals surface area contributed by atoms with Gasteiger partial charge in [0.1, 0.15) is 0 Å². The monoisotopic (exact) mass is 225 g/mol. The number of sulfone groups is 1. The summed E-state index contributed by atoms with van der Waals surface area (Å²) in [6.07, 6.45) is 4.96. The van der Waals surface area contributed by atoms with E-state index in [0.29, 0.717) is 12.8 Å². The molecule has 0 aliphatic heterocycles. The molecule has 5 nitrogen and oxygen atoms in total. The van der Waals surface area contributed by atoms with Crippen LogP contribution in [-0.4, -0.2) is 24.9 Å². The van der Waals surface area contributed by atoms with Crippen molar-refractivity contribution in [3.63, 3.8) is 0 Å². The predicted octanol–water partition coefficient (Wildman–Crippen LogP) is 0.598. The molecule has 0 radical (unpaired) electrons. The van der Waals surface area contributed by atoms with Crippen LogP contribution in [0.2, 0.25) is 0 Å². The van der Waals surface area contributed by atoms with E-state index in [1.165, 1.54) is 12.4 Å². The van der Waals surface area contributed by atoms with Gasteiger partial charge in [-0.05, 0) is 12.8 Å². The number of rotatable bonds is 3. The van der Waals surface area contributed by atoms with Crippen LogP contribution in [-0.2, 0) is 9.84 Å². The van der Waals surface area contributed by atoms with Crippen LogP contribution in [0, 0.1) is 5.41 Å². The Morgan fingerprint density at radius 3 is 2.67 bits per heavy atom. The Kier molecular flexibility index (Phi) is 2.22. The number of hydrogen-bond acceptors (Lipinski definition) is 5. The Balaban J connectivity index is 2.61. The number of nitrogens with zero attached hydrogens (tertiary/aromatic N) is 1. The molecule has 2 rings (SSSR count). The van der Waals surface area contributed by atoms with Gasteiger partial charge in [0.2, 0.25) is 0 Å². The van der Waals surface area contributed by atoms with Crippen LogP contribution in [0.3, 0.4) is 0 Å². The fourth-order valence-electron chi connectivity index (χ4n) is 1.41. The summed E-state index contributed by atoms with van der Waals surface area (Å²) >= 11 is 0. The molecule has 15 heavy (non-hydrogen) atoms. The highest BCUT2D eigenvalue weighted by molar-refractivity contribution is 7.92. The molecule has 3 N–H and O–H groups in total. The van der Waals surface area contributed by atoms with Gasteiger partial charge in [-0.3, -0.25) is 4.98 Å². The summed E-state index contributed by atoms with van der Waals surface area (Å²) in [7, 11) is -3.32. The molecule has 80 valence electrons. The molecule has 0 amide bonds. The fourth-order valence-corrected chi connectivity index (χ4v) is 3.21. The van der Waals surface area contributed by atoms with Gasteiger partial charge in [0.15, 0.2) is 9.84 Å². The standard InChI is InChI=1S/C9H11N3O2S/c10-3-7-8(11)4-12-5-9(7)15(13,14)6-1-2-6/h3-6,10H,1-2,11H2. The summed E-state index contributed by atoms with van der Waals surface area (Å²) in [5, 5.41) is 6.86. The molecule has 1 aromatic rings. The van der Waals surface area contributed by atoms with Gasteiger partial charge in [-0.1, -0.05) is 0 Å². The topological polar surface area (TPSA) is 96.9 Å². The Hall–Kier alpha value is -1.43. The third kappa shape index (κ3) is 1.61. The molecule has 0 bridgehead atoms. The zero-order valence-corrected chi connectivity index (χ0v) is 8.79. The number of pyridine rings is 1. The van der Waals surface area contributed by atoms with Crippen LogP contribution in [0.4, 0.5) is 5.69 Å². The number of nitrogens with one attached hydrogen (secondary N) is 1.